The zero-order valence-electron chi connectivity index (χ0n) is 16.6. The standard InChI is InChI=1S/C23H21FN4O3/c24-16-3-5-17(6-4-16)27-23(30)28-18-7-9-19(10-8-18)31-20-11-12-25-21(13-20)22(29)26-14-15-1-2-15/h3-13,15H,1-2,14H2,(H,26,29)(H2,27,28,30). The number of rotatable bonds is 7. The Bertz CT molecular complexity index is 1070. The van der Waals surface area contributed by atoms with Crippen LogP contribution in [0.4, 0.5) is 20.6 Å². The second-order valence-electron chi connectivity index (χ2n) is 7.24. The Kier molecular flexibility index (Phi) is 6.07. The lowest BCUT2D eigenvalue weighted by molar-refractivity contribution is 0.0946. The number of ether oxygens (including phenoxy) is 1. The molecule has 1 saturated carbocycles. The highest BCUT2D eigenvalue weighted by atomic mass is 19.1. The van der Waals surface area contributed by atoms with Crippen molar-refractivity contribution in [3.05, 3.63) is 78.4 Å². The predicted molar refractivity (Wildman–Crippen MR) is 115 cm³/mol. The highest BCUT2D eigenvalue weighted by molar-refractivity contribution is 5.99. The molecule has 1 fully saturated rings. The maximum atomic E-state index is 12.9. The van der Waals surface area contributed by atoms with Gasteiger partial charge in [-0.2, -0.15) is 0 Å². The summed E-state index contributed by atoms with van der Waals surface area (Å²) >= 11 is 0. The second kappa shape index (κ2) is 9.25. The first-order valence-corrected chi connectivity index (χ1v) is 9.91. The van der Waals surface area contributed by atoms with Gasteiger partial charge in [0.1, 0.15) is 23.0 Å². The van der Waals surface area contributed by atoms with Gasteiger partial charge in [0.05, 0.1) is 0 Å². The number of pyridine rings is 1. The van der Waals surface area contributed by atoms with E-state index in [1.54, 1.807) is 36.4 Å². The lowest BCUT2D eigenvalue weighted by Gasteiger charge is -2.10. The molecule has 0 saturated heterocycles. The summed E-state index contributed by atoms with van der Waals surface area (Å²) in [5.74, 6) is 1.03. The predicted octanol–water partition coefficient (Wildman–Crippen LogP) is 4.80. The molecule has 0 spiro atoms. The van der Waals surface area contributed by atoms with E-state index in [4.69, 9.17) is 4.74 Å². The number of benzene rings is 2. The van der Waals surface area contributed by atoms with Gasteiger partial charge in [-0.25, -0.2) is 9.18 Å². The summed E-state index contributed by atoms with van der Waals surface area (Å²) < 4.78 is 18.7. The quantitative estimate of drug-likeness (QED) is 0.512. The van der Waals surface area contributed by atoms with Crippen LogP contribution < -0.4 is 20.7 Å². The summed E-state index contributed by atoms with van der Waals surface area (Å²) in [6, 6.07) is 15.0. The fourth-order valence-electron chi connectivity index (χ4n) is 2.82. The first-order valence-electron chi connectivity index (χ1n) is 9.91. The van der Waals surface area contributed by atoms with Gasteiger partial charge in [0.2, 0.25) is 0 Å². The van der Waals surface area contributed by atoms with Gasteiger partial charge < -0.3 is 20.7 Å². The number of amides is 3. The third-order valence-electron chi connectivity index (χ3n) is 4.66. The number of aromatic nitrogens is 1. The van der Waals surface area contributed by atoms with Crippen molar-refractivity contribution in [2.45, 2.75) is 12.8 Å². The summed E-state index contributed by atoms with van der Waals surface area (Å²) in [5, 5.41) is 8.18. The molecule has 3 amide bonds. The van der Waals surface area contributed by atoms with Crippen LogP contribution >= 0.6 is 0 Å². The Balaban J connectivity index is 1.31. The highest BCUT2D eigenvalue weighted by Gasteiger charge is 2.22. The number of nitrogens with zero attached hydrogens (tertiary/aromatic N) is 1. The van der Waals surface area contributed by atoms with E-state index >= 15 is 0 Å². The van der Waals surface area contributed by atoms with E-state index in [0.29, 0.717) is 41.0 Å². The molecule has 1 aliphatic rings. The largest absolute Gasteiger partial charge is 0.457 e. The Hall–Kier alpha value is -3.94. The van der Waals surface area contributed by atoms with Gasteiger partial charge in [0, 0.05) is 30.2 Å². The molecule has 158 valence electrons. The average Bonchev–Trinajstić information content (AvgIpc) is 3.60. The fourth-order valence-corrected chi connectivity index (χ4v) is 2.82. The molecule has 1 aliphatic carbocycles. The summed E-state index contributed by atoms with van der Waals surface area (Å²) in [4.78, 5) is 28.3. The smallest absolute Gasteiger partial charge is 0.323 e. The zero-order chi connectivity index (χ0) is 21.6. The molecule has 8 heteroatoms. The van der Waals surface area contributed by atoms with Crippen LogP contribution in [0.3, 0.4) is 0 Å². The van der Waals surface area contributed by atoms with Gasteiger partial charge in [0.25, 0.3) is 5.91 Å². The summed E-state index contributed by atoms with van der Waals surface area (Å²) in [5.41, 5.74) is 1.34. The number of carbonyl (C=O) groups is 2. The van der Waals surface area contributed by atoms with Crippen LogP contribution in [0.1, 0.15) is 23.3 Å². The van der Waals surface area contributed by atoms with E-state index in [2.05, 4.69) is 20.9 Å². The molecular weight excluding hydrogens is 399 g/mol. The minimum absolute atomic E-state index is 0.218. The molecule has 0 bridgehead atoms. The van der Waals surface area contributed by atoms with Crippen molar-refractivity contribution < 1.29 is 18.7 Å². The molecule has 3 aromatic rings. The van der Waals surface area contributed by atoms with Crippen molar-refractivity contribution in [1.82, 2.24) is 10.3 Å². The van der Waals surface area contributed by atoms with Gasteiger partial charge in [-0.3, -0.25) is 9.78 Å². The van der Waals surface area contributed by atoms with Crippen LogP contribution in [0.5, 0.6) is 11.5 Å². The van der Waals surface area contributed by atoms with E-state index in [1.807, 2.05) is 0 Å². The normalized spacial score (nSPS) is 12.7. The Labute approximate surface area is 178 Å². The molecule has 1 aromatic heterocycles. The minimum atomic E-state index is -0.448. The number of anilines is 2. The van der Waals surface area contributed by atoms with Crippen molar-refractivity contribution in [2.24, 2.45) is 5.92 Å². The molecule has 4 rings (SSSR count). The van der Waals surface area contributed by atoms with Gasteiger partial charge in [-0.1, -0.05) is 0 Å². The number of halogens is 1. The number of nitrogens with one attached hydrogen (secondary N) is 3. The van der Waals surface area contributed by atoms with Crippen LogP contribution in [0.15, 0.2) is 66.9 Å². The minimum Gasteiger partial charge on any atom is -0.457 e. The summed E-state index contributed by atoms with van der Waals surface area (Å²) in [6.45, 7) is 0.675. The monoisotopic (exact) mass is 420 g/mol. The molecular formula is C23H21FN4O3. The molecule has 0 unspecified atom stereocenters. The fraction of sp³-hybridized carbons (Fsp3) is 0.174. The summed E-state index contributed by atoms with van der Waals surface area (Å²) in [7, 11) is 0. The van der Waals surface area contributed by atoms with Gasteiger partial charge in [0.15, 0.2) is 0 Å². The molecule has 1 heterocycles. The van der Waals surface area contributed by atoms with E-state index in [-0.39, 0.29) is 11.7 Å². The number of hydrogen-bond acceptors (Lipinski definition) is 4. The van der Waals surface area contributed by atoms with Crippen LogP contribution in [0, 0.1) is 11.7 Å². The maximum absolute atomic E-state index is 12.9. The topological polar surface area (TPSA) is 92.3 Å². The summed E-state index contributed by atoms with van der Waals surface area (Å²) in [6.07, 6.45) is 3.85. The molecule has 0 radical (unpaired) electrons. The van der Waals surface area contributed by atoms with Crippen LogP contribution in [0.25, 0.3) is 0 Å². The Morgan fingerprint density at radius 3 is 2.23 bits per heavy atom. The van der Waals surface area contributed by atoms with E-state index in [1.165, 1.54) is 30.5 Å². The third-order valence-corrected chi connectivity index (χ3v) is 4.66. The lowest BCUT2D eigenvalue weighted by Crippen LogP contribution is -2.26. The van der Waals surface area contributed by atoms with E-state index in [9.17, 15) is 14.0 Å². The third kappa shape index (κ3) is 6.02. The highest BCUT2D eigenvalue weighted by Crippen LogP contribution is 2.28. The number of carbonyl (C=O) groups excluding carboxylic acids is 2. The Morgan fingerprint density at radius 1 is 0.935 bits per heavy atom. The van der Waals surface area contributed by atoms with Crippen LogP contribution in [0.2, 0.25) is 0 Å². The van der Waals surface area contributed by atoms with E-state index < -0.39 is 6.03 Å². The lowest BCUT2D eigenvalue weighted by atomic mass is 10.3. The Morgan fingerprint density at radius 2 is 1.58 bits per heavy atom. The van der Waals surface area contributed by atoms with Gasteiger partial charge in [-0.05, 0) is 73.4 Å². The molecule has 2 aromatic carbocycles. The molecule has 3 N–H and O–H groups in total. The van der Waals surface area contributed by atoms with Gasteiger partial charge in [-0.15, -0.1) is 0 Å². The SMILES string of the molecule is O=C(Nc1ccc(F)cc1)Nc1ccc(Oc2ccnc(C(=O)NCC3CC3)c2)cc1. The van der Waals surface area contributed by atoms with Crippen LogP contribution in [-0.4, -0.2) is 23.5 Å². The first-order chi connectivity index (χ1) is 15.0. The van der Waals surface area contributed by atoms with Crippen molar-refractivity contribution in [3.8, 4) is 11.5 Å². The van der Waals surface area contributed by atoms with E-state index in [0.717, 1.165) is 12.8 Å². The van der Waals surface area contributed by atoms with Gasteiger partial charge >= 0.3 is 6.03 Å². The van der Waals surface area contributed by atoms with Crippen molar-refractivity contribution in [3.63, 3.8) is 0 Å². The molecule has 7 nitrogen and oxygen atoms in total. The molecule has 0 atom stereocenters. The molecule has 31 heavy (non-hydrogen) atoms. The number of hydrogen-bond donors (Lipinski definition) is 3. The van der Waals surface area contributed by atoms with Crippen molar-refractivity contribution in [1.29, 1.82) is 0 Å². The average molecular weight is 420 g/mol. The van der Waals surface area contributed by atoms with Crippen molar-refractivity contribution >= 4 is 23.3 Å². The van der Waals surface area contributed by atoms with Crippen LogP contribution in [-0.2, 0) is 0 Å². The number of urea groups is 1. The first kappa shape index (κ1) is 20.3. The zero-order valence-corrected chi connectivity index (χ0v) is 16.6. The van der Waals surface area contributed by atoms with Crippen molar-refractivity contribution in [2.75, 3.05) is 17.2 Å². The maximum Gasteiger partial charge on any atom is 0.323 e. The second-order valence-corrected chi connectivity index (χ2v) is 7.24. The molecule has 0 aliphatic heterocycles.